The van der Waals surface area contributed by atoms with Crippen LogP contribution in [0.2, 0.25) is 0 Å². The Kier molecular flexibility index (Phi) is 4.12. The van der Waals surface area contributed by atoms with Gasteiger partial charge < -0.3 is 4.90 Å². The second kappa shape index (κ2) is 5.85. The van der Waals surface area contributed by atoms with E-state index < -0.39 is 0 Å². The lowest BCUT2D eigenvalue weighted by molar-refractivity contribution is -0.127. The van der Waals surface area contributed by atoms with Gasteiger partial charge in [-0.1, -0.05) is 11.8 Å². The number of aryl methyl sites for hydroxylation is 2. The number of nitrogens with zero attached hydrogens (tertiary/aromatic N) is 2. The largest absolute Gasteiger partial charge is 0.341 e. The lowest BCUT2D eigenvalue weighted by Crippen LogP contribution is -2.27. The predicted octanol–water partition coefficient (Wildman–Crippen LogP) is 2.05. The quantitative estimate of drug-likeness (QED) is 0.854. The minimum Gasteiger partial charge on any atom is -0.341 e. The molecular formula is C14H18N2O2S2. The maximum Gasteiger partial charge on any atom is 0.223 e. The van der Waals surface area contributed by atoms with E-state index in [-0.39, 0.29) is 16.3 Å². The molecule has 20 heavy (non-hydrogen) atoms. The monoisotopic (exact) mass is 310 g/mol. The number of carbonyl (C=O) groups excluding carboxylic acids is 2. The fraction of sp³-hybridized carbons (Fsp3) is 0.643. The van der Waals surface area contributed by atoms with Crippen molar-refractivity contribution < 1.29 is 9.59 Å². The number of thioether (sulfide) groups is 1. The predicted molar refractivity (Wildman–Crippen MR) is 81.1 cm³/mol. The Morgan fingerprint density at radius 1 is 1.50 bits per heavy atom. The van der Waals surface area contributed by atoms with Crippen LogP contribution in [0.4, 0.5) is 0 Å². The van der Waals surface area contributed by atoms with Crippen LogP contribution in [-0.4, -0.2) is 39.2 Å². The SMILES string of the molecule is CC(=O)SC1CC(=O)N(CCc2nc3c(s2)CCC3)C1. The van der Waals surface area contributed by atoms with E-state index in [4.69, 9.17) is 0 Å². The summed E-state index contributed by atoms with van der Waals surface area (Å²) in [5, 5.41) is 1.40. The Hall–Kier alpha value is -0.880. The zero-order chi connectivity index (χ0) is 14.1. The third-order valence-electron chi connectivity index (χ3n) is 3.75. The van der Waals surface area contributed by atoms with E-state index in [2.05, 4.69) is 4.98 Å². The van der Waals surface area contributed by atoms with E-state index in [9.17, 15) is 9.59 Å². The van der Waals surface area contributed by atoms with Crippen LogP contribution in [0.5, 0.6) is 0 Å². The molecule has 6 heteroatoms. The van der Waals surface area contributed by atoms with Crippen molar-refractivity contribution in [2.24, 2.45) is 0 Å². The second-order valence-corrected chi connectivity index (χ2v) is 8.00. The first kappa shape index (κ1) is 14.1. The molecule has 0 bridgehead atoms. The van der Waals surface area contributed by atoms with Gasteiger partial charge in [0.05, 0.1) is 10.7 Å². The number of rotatable bonds is 4. The van der Waals surface area contributed by atoms with Gasteiger partial charge in [0.2, 0.25) is 5.91 Å². The summed E-state index contributed by atoms with van der Waals surface area (Å²) in [5.74, 6) is 0.174. The van der Waals surface area contributed by atoms with E-state index in [1.54, 1.807) is 6.92 Å². The lowest BCUT2D eigenvalue weighted by Gasteiger charge is -2.15. The number of hydrogen-bond acceptors (Lipinski definition) is 5. The highest BCUT2D eigenvalue weighted by molar-refractivity contribution is 8.14. The minimum absolute atomic E-state index is 0.0981. The summed E-state index contributed by atoms with van der Waals surface area (Å²) < 4.78 is 0. The number of carbonyl (C=O) groups is 2. The van der Waals surface area contributed by atoms with Crippen molar-refractivity contribution in [1.29, 1.82) is 0 Å². The first-order valence-electron chi connectivity index (χ1n) is 7.04. The van der Waals surface area contributed by atoms with Crippen LogP contribution in [-0.2, 0) is 28.9 Å². The van der Waals surface area contributed by atoms with Crippen molar-refractivity contribution in [3.05, 3.63) is 15.6 Å². The van der Waals surface area contributed by atoms with Gasteiger partial charge in [-0.25, -0.2) is 4.98 Å². The molecule has 1 amide bonds. The zero-order valence-electron chi connectivity index (χ0n) is 11.6. The molecule has 0 aromatic carbocycles. The van der Waals surface area contributed by atoms with Crippen molar-refractivity contribution >= 4 is 34.1 Å². The number of hydrogen-bond donors (Lipinski definition) is 0. The molecule has 108 valence electrons. The molecule has 1 aliphatic carbocycles. The van der Waals surface area contributed by atoms with E-state index in [1.165, 1.54) is 35.2 Å². The van der Waals surface area contributed by atoms with Crippen LogP contribution in [0.3, 0.4) is 0 Å². The van der Waals surface area contributed by atoms with Crippen molar-refractivity contribution in [3.8, 4) is 0 Å². The molecule has 0 saturated carbocycles. The fourth-order valence-corrected chi connectivity index (χ4v) is 4.94. The van der Waals surface area contributed by atoms with Crippen molar-refractivity contribution in [3.63, 3.8) is 0 Å². The molecule has 1 atom stereocenters. The normalized spacial score (nSPS) is 21.6. The van der Waals surface area contributed by atoms with Gasteiger partial charge in [0.15, 0.2) is 5.12 Å². The summed E-state index contributed by atoms with van der Waals surface area (Å²) >= 11 is 3.11. The standard InChI is InChI=1S/C14H18N2O2S2/c1-9(17)19-10-7-14(18)16(8-10)6-5-13-15-11-3-2-4-12(11)20-13/h10H,2-8H2,1H3. The smallest absolute Gasteiger partial charge is 0.223 e. The summed E-state index contributed by atoms with van der Waals surface area (Å²) in [7, 11) is 0. The molecule has 1 aliphatic heterocycles. The molecule has 0 radical (unpaired) electrons. The van der Waals surface area contributed by atoms with E-state index in [1.807, 2.05) is 16.2 Å². The van der Waals surface area contributed by atoms with Gasteiger partial charge >= 0.3 is 0 Å². The number of fused-ring (bicyclic) bond motifs is 1. The summed E-state index contributed by atoms with van der Waals surface area (Å²) in [6.45, 7) is 3.00. The van der Waals surface area contributed by atoms with Crippen LogP contribution < -0.4 is 0 Å². The van der Waals surface area contributed by atoms with Crippen LogP contribution in [0.1, 0.15) is 35.3 Å². The van der Waals surface area contributed by atoms with E-state index in [0.29, 0.717) is 13.0 Å². The molecule has 0 N–H and O–H groups in total. The molecule has 2 heterocycles. The van der Waals surface area contributed by atoms with Gasteiger partial charge in [0.1, 0.15) is 0 Å². The highest BCUT2D eigenvalue weighted by Crippen LogP contribution is 2.28. The molecule has 1 aromatic heterocycles. The Morgan fingerprint density at radius 2 is 2.35 bits per heavy atom. The van der Waals surface area contributed by atoms with Crippen LogP contribution >= 0.6 is 23.1 Å². The van der Waals surface area contributed by atoms with Gasteiger partial charge in [-0.05, 0) is 19.3 Å². The van der Waals surface area contributed by atoms with Gasteiger partial charge in [0, 0.05) is 43.0 Å². The van der Waals surface area contributed by atoms with Crippen LogP contribution in [0.15, 0.2) is 0 Å². The van der Waals surface area contributed by atoms with Crippen LogP contribution in [0, 0.1) is 0 Å². The Labute approximate surface area is 127 Å². The first-order chi connectivity index (χ1) is 9.61. The second-order valence-electron chi connectivity index (χ2n) is 5.36. The lowest BCUT2D eigenvalue weighted by atomic mass is 10.3. The number of likely N-dealkylation sites (tertiary alicyclic amines) is 1. The molecule has 3 rings (SSSR count). The van der Waals surface area contributed by atoms with Gasteiger partial charge in [-0.3, -0.25) is 9.59 Å². The average Bonchev–Trinajstić information content (AvgIpc) is 3.00. The van der Waals surface area contributed by atoms with E-state index in [0.717, 1.165) is 24.4 Å². The van der Waals surface area contributed by atoms with Crippen molar-refractivity contribution in [2.45, 2.75) is 44.3 Å². The molecule has 1 aromatic rings. The molecule has 1 fully saturated rings. The summed E-state index contributed by atoms with van der Waals surface area (Å²) in [5.41, 5.74) is 1.28. The topological polar surface area (TPSA) is 50.3 Å². The Morgan fingerprint density at radius 3 is 3.10 bits per heavy atom. The van der Waals surface area contributed by atoms with Gasteiger partial charge in [-0.2, -0.15) is 0 Å². The number of amides is 1. The molecule has 1 saturated heterocycles. The molecule has 4 nitrogen and oxygen atoms in total. The molecule has 2 aliphatic rings. The number of thiazole rings is 1. The first-order valence-corrected chi connectivity index (χ1v) is 8.74. The average molecular weight is 310 g/mol. The molecular weight excluding hydrogens is 292 g/mol. The van der Waals surface area contributed by atoms with E-state index >= 15 is 0 Å². The van der Waals surface area contributed by atoms with Gasteiger partial charge in [-0.15, -0.1) is 11.3 Å². The minimum atomic E-state index is 0.0981. The summed E-state index contributed by atoms with van der Waals surface area (Å²) in [6, 6.07) is 0. The maximum atomic E-state index is 11.9. The van der Waals surface area contributed by atoms with Crippen molar-refractivity contribution in [2.75, 3.05) is 13.1 Å². The third-order valence-corrected chi connectivity index (χ3v) is 5.95. The Balaban J connectivity index is 1.53. The number of aromatic nitrogens is 1. The van der Waals surface area contributed by atoms with Crippen molar-refractivity contribution in [1.82, 2.24) is 9.88 Å². The summed E-state index contributed by atoms with van der Waals surface area (Å²) in [6.07, 6.45) is 4.88. The molecule has 0 spiro atoms. The third kappa shape index (κ3) is 3.06. The van der Waals surface area contributed by atoms with Crippen LogP contribution in [0.25, 0.3) is 0 Å². The summed E-state index contributed by atoms with van der Waals surface area (Å²) in [4.78, 5) is 31.0. The fourth-order valence-electron chi connectivity index (χ4n) is 2.85. The Bertz CT molecular complexity index is 520. The zero-order valence-corrected chi connectivity index (χ0v) is 13.2. The highest BCUT2D eigenvalue weighted by Gasteiger charge is 2.30. The maximum absolute atomic E-state index is 11.9. The highest BCUT2D eigenvalue weighted by atomic mass is 32.2. The molecule has 1 unspecified atom stereocenters. The van der Waals surface area contributed by atoms with Gasteiger partial charge in [0.25, 0.3) is 0 Å².